The van der Waals surface area contributed by atoms with Gasteiger partial charge in [0, 0.05) is 40.3 Å². The lowest BCUT2D eigenvalue weighted by Crippen LogP contribution is -2.25. The Bertz CT molecular complexity index is 2020. The molecule has 0 spiro atoms. The molecule has 3 heterocycles. The van der Waals surface area contributed by atoms with E-state index < -0.39 is 5.92 Å². The van der Waals surface area contributed by atoms with Crippen molar-refractivity contribution in [2.45, 2.75) is 39.0 Å². The number of aryl methyl sites for hydroxylation is 1. The molecule has 1 unspecified atom stereocenters. The number of rotatable bonds is 3. The number of para-hydroxylation sites is 1. The lowest BCUT2D eigenvalue weighted by atomic mass is 9.77. The van der Waals surface area contributed by atoms with Crippen molar-refractivity contribution in [2.24, 2.45) is 12.8 Å². The Kier molecular flexibility index (Phi) is 5.93. The number of H-pyrrole nitrogens is 1. The molecule has 8 nitrogen and oxygen atoms in total. The molecule has 3 N–H and O–H groups in total. The molecule has 3 aromatic carbocycles. The quantitative estimate of drug-likeness (QED) is 0.291. The van der Waals surface area contributed by atoms with Crippen LogP contribution in [0.25, 0.3) is 33.2 Å². The summed E-state index contributed by atoms with van der Waals surface area (Å²) in [7, 11) is 3.36. The van der Waals surface area contributed by atoms with E-state index in [1.165, 1.54) is 0 Å². The van der Waals surface area contributed by atoms with E-state index in [0.29, 0.717) is 33.8 Å². The summed E-state index contributed by atoms with van der Waals surface area (Å²) in [6, 6.07) is 19.5. The number of nitrogens with two attached hydrogens (primary N) is 1. The van der Waals surface area contributed by atoms with Gasteiger partial charge in [-0.05, 0) is 60.4 Å². The summed E-state index contributed by atoms with van der Waals surface area (Å²) in [5.74, 6) is 1.41. The normalized spacial score (nSPS) is 15.1. The molecule has 0 bridgehead atoms. The zero-order chi connectivity index (χ0) is 29.2. The first-order valence-corrected chi connectivity index (χ1v) is 13.4. The van der Waals surface area contributed by atoms with Crippen molar-refractivity contribution in [3.8, 4) is 29.0 Å². The zero-order valence-corrected chi connectivity index (χ0v) is 23.9. The van der Waals surface area contributed by atoms with E-state index in [2.05, 4.69) is 31.8 Å². The van der Waals surface area contributed by atoms with E-state index in [1.54, 1.807) is 24.8 Å². The topological polar surface area (TPSA) is 119 Å². The summed E-state index contributed by atoms with van der Waals surface area (Å²) >= 11 is 0. The monoisotopic (exact) mass is 545 g/mol. The molecule has 2 aromatic heterocycles. The highest BCUT2D eigenvalue weighted by Gasteiger charge is 2.37. The predicted octanol–water partition coefficient (Wildman–Crippen LogP) is 5.91. The van der Waals surface area contributed by atoms with Crippen LogP contribution in [0.3, 0.4) is 0 Å². The number of nitriles is 1. The Morgan fingerprint density at radius 1 is 1.12 bits per heavy atom. The van der Waals surface area contributed by atoms with Gasteiger partial charge in [-0.25, -0.2) is 4.98 Å². The van der Waals surface area contributed by atoms with E-state index in [4.69, 9.17) is 20.2 Å². The smallest absolute Gasteiger partial charge is 0.261 e. The molecular weight excluding hydrogens is 514 g/mol. The van der Waals surface area contributed by atoms with Gasteiger partial charge in [-0.15, -0.1) is 0 Å². The van der Waals surface area contributed by atoms with Crippen molar-refractivity contribution in [1.29, 1.82) is 5.26 Å². The first kappa shape index (κ1) is 26.2. The van der Waals surface area contributed by atoms with E-state index in [1.807, 2.05) is 55.5 Å². The average molecular weight is 546 g/mol. The summed E-state index contributed by atoms with van der Waals surface area (Å²) in [6.07, 6.45) is 0. The third-order valence-corrected chi connectivity index (χ3v) is 7.90. The van der Waals surface area contributed by atoms with Crippen LogP contribution >= 0.6 is 0 Å². The van der Waals surface area contributed by atoms with Crippen LogP contribution < -0.4 is 20.8 Å². The molecule has 8 heteroatoms. The fraction of sp³-hybridized carbons (Fsp3) is 0.242. The van der Waals surface area contributed by atoms with Gasteiger partial charge in [0.05, 0.1) is 23.9 Å². The average Bonchev–Trinajstić information content (AvgIpc) is 3.27. The number of hydrogen-bond acceptors (Lipinski definition) is 6. The summed E-state index contributed by atoms with van der Waals surface area (Å²) < 4.78 is 13.4. The van der Waals surface area contributed by atoms with E-state index in [0.717, 1.165) is 38.9 Å². The molecule has 1 aliphatic rings. The van der Waals surface area contributed by atoms with Crippen LogP contribution in [-0.4, -0.2) is 21.6 Å². The van der Waals surface area contributed by atoms with Crippen LogP contribution in [0.1, 0.15) is 49.1 Å². The van der Waals surface area contributed by atoms with Crippen LogP contribution in [0.4, 0.5) is 0 Å². The second kappa shape index (κ2) is 9.27. The molecule has 1 aliphatic heterocycles. The third-order valence-electron chi connectivity index (χ3n) is 7.90. The number of benzene rings is 3. The SMILES string of the molecule is COc1ccc2[nH]c(C)c(C3C(C#N)=C(N)Oc4c3cc(-c3nc5ccccc5c(=O)n3C)cc4C(C)(C)C)c2c1. The van der Waals surface area contributed by atoms with Gasteiger partial charge in [0.15, 0.2) is 0 Å². The molecule has 0 aliphatic carbocycles. The van der Waals surface area contributed by atoms with Gasteiger partial charge in [0.25, 0.3) is 5.56 Å². The predicted molar refractivity (Wildman–Crippen MR) is 160 cm³/mol. The van der Waals surface area contributed by atoms with Crippen molar-refractivity contribution in [2.75, 3.05) is 7.11 Å². The zero-order valence-electron chi connectivity index (χ0n) is 23.9. The van der Waals surface area contributed by atoms with Gasteiger partial charge in [0.1, 0.15) is 29.0 Å². The highest BCUT2D eigenvalue weighted by Crippen LogP contribution is 2.50. The van der Waals surface area contributed by atoms with Crippen molar-refractivity contribution in [3.05, 3.63) is 98.8 Å². The number of nitrogens with one attached hydrogen (secondary N) is 1. The number of ether oxygens (including phenoxy) is 2. The van der Waals surface area contributed by atoms with Crippen LogP contribution in [0, 0.1) is 18.3 Å². The maximum absolute atomic E-state index is 13.4. The maximum atomic E-state index is 13.4. The summed E-state index contributed by atoms with van der Waals surface area (Å²) in [5, 5.41) is 11.9. The molecule has 0 saturated carbocycles. The number of nitrogens with zero attached hydrogens (tertiary/aromatic N) is 3. The van der Waals surface area contributed by atoms with Crippen LogP contribution in [-0.2, 0) is 12.5 Å². The molecular formula is C33H31N5O3. The summed E-state index contributed by atoms with van der Waals surface area (Å²) in [6.45, 7) is 8.28. The molecule has 0 saturated heterocycles. The Labute approximate surface area is 237 Å². The van der Waals surface area contributed by atoms with Crippen LogP contribution in [0.5, 0.6) is 11.5 Å². The second-order valence-corrected chi connectivity index (χ2v) is 11.5. The summed E-state index contributed by atoms with van der Waals surface area (Å²) in [4.78, 5) is 21.7. The minimum absolute atomic E-state index is 0.0797. The minimum Gasteiger partial charge on any atom is -0.497 e. The molecule has 5 aromatic rings. The van der Waals surface area contributed by atoms with Crippen molar-refractivity contribution >= 4 is 21.8 Å². The van der Waals surface area contributed by atoms with E-state index in [-0.39, 0.29) is 16.9 Å². The minimum atomic E-state index is -0.525. The standard InChI is InChI=1S/C33H31N5O3/c1-17-27(21-15-19(40-6)11-12-26(21)36-17)28-22-13-18(31-37-25-10-8-7-9-20(25)32(39)38(31)5)14-24(33(2,3)4)29(22)41-30(35)23(28)16-34/h7-15,28,36H,35H2,1-6H3. The summed E-state index contributed by atoms with van der Waals surface area (Å²) in [5.41, 5.74) is 12.1. The van der Waals surface area contributed by atoms with Gasteiger partial charge >= 0.3 is 0 Å². The number of aromatic amines is 1. The molecule has 41 heavy (non-hydrogen) atoms. The highest BCUT2D eigenvalue weighted by atomic mass is 16.5. The second-order valence-electron chi connectivity index (χ2n) is 11.5. The number of methoxy groups -OCH3 is 1. The Morgan fingerprint density at radius 2 is 1.88 bits per heavy atom. The van der Waals surface area contributed by atoms with Crippen LogP contribution in [0.15, 0.2) is 70.8 Å². The van der Waals surface area contributed by atoms with E-state index in [9.17, 15) is 10.1 Å². The molecule has 1 atom stereocenters. The van der Waals surface area contributed by atoms with Crippen LogP contribution in [0.2, 0.25) is 0 Å². The lowest BCUT2D eigenvalue weighted by molar-refractivity contribution is 0.379. The highest BCUT2D eigenvalue weighted by molar-refractivity contribution is 5.89. The maximum Gasteiger partial charge on any atom is 0.261 e. The fourth-order valence-corrected chi connectivity index (χ4v) is 5.85. The molecule has 6 rings (SSSR count). The molecule has 0 radical (unpaired) electrons. The van der Waals surface area contributed by atoms with Crippen molar-refractivity contribution in [3.63, 3.8) is 0 Å². The van der Waals surface area contributed by atoms with Gasteiger partial charge in [-0.1, -0.05) is 32.9 Å². The van der Waals surface area contributed by atoms with Gasteiger partial charge < -0.3 is 20.2 Å². The third kappa shape index (κ3) is 4.04. The van der Waals surface area contributed by atoms with Crippen molar-refractivity contribution in [1.82, 2.24) is 14.5 Å². The molecule has 206 valence electrons. The fourth-order valence-electron chi connectivity index (χ4n) is 5.85. The molecule has 0 amide bonds. The van der Waals surface area contributed by atoms with E-state index >= 15 is 0 Å². The Hall–Kier alpha value is -5.03. The number of allylic oxidation sites excluding steroid dienone is 1. The van der Waals surface area contributed by atoms with Crippen molar-refractivity contribution < 1.29 is 9.47 Å². The van der Waals surface area contributed by atoms with Gasteiger partial charge in [-0.2, -0.15) is 5.26 Å². The Balaban J connectivity index is 1.71. The lowest BCUT2D eigenvalue weighted by Gasteiger charge is -2.32. The number of fused-ring (bicyclic) bond motifs is 3. The first-order valence-electron chi connectivity index (χ1n) is 13.4. The number of aromatic nitrogens is 3. The van der Waals surface area contributed by atoms with Gasteiger partial charge in [-0.3, -0.25) is 9.36 Å². The number of hydrogen-bond donors (Lipinski definition) is 2. The van der Waals surface area contributed by atoms with Gasteiger partial charge in [0.2, 0.25) is 5.88 Å². The molecule has 0 fully saturated rings. The first-order chi connectivity index (χ1) is 19.5. The largest absolute Gasteiger partial charge is 0.497 e. The Morgan fingerprint density at radius 3 is 2.59 bits per heavy atom.